The summed E-state index contributed by atoms with van der Waals surface area (Å²) in [5.74, 6) is 2.55. The Labute approximate surface area is 144 Å². The van der Waals surface area contributed by atoms with Crippen molar-refractivity contribution < 1.29 is 4.74 Å². The quantitative estimate of drug-likeness (QED) is 0.730. The van der Waals surface area contributed by atoms with Crippen LogP contribution in [0.5, 0.6) is 5.75 Å². The van der Waals surface area contributed by atoms with Gasteiger partial charge in [0.25, 0.3) is 0 Å². The van der Waals surface area contributed by atoms with E-state index in [-0.39, 0.29) is 0 Å². The van der Waals surface area contributed by atoms with Gasteiger partial charge in [-0.25, -0.2) is 4.98 Å². The van der Waals surface area contributed by atoms with Crippen molar-refractivity contribution in [1.82, 2.24) is 4.98 Å². The van der Waals surface area contributed by atoms with Gasteiger partial charge < -0.3 is 10.5 Å². The normalized spacial score (nSPS) is 25.9. The molecule has 3 nitrogen and oxygen atoms in total. The summed E-state index contributed by atoms with van der Waals surface area (Å²) in [5.41, 5.74) is 6.68. The highest BCUT2D eigenvalue weighted by molar-refractivity contribution is 5.94. The molecule has 2 aliphatic rings. The summed E-state index contributed by atoms with van der Waals surface area (Å²) in [6, 6.07) is 8.01. The van der Waals surface area contributed by atoms with E-state index < -0.39 is 0 Å². The summed E-state index contributed by atoms with van der Waals surface area (Å²) >= 11 is 0. The fraction of sp³-hybridized carbons (Fsp3) is 0.571. The summed E-state index contributed by atoms with van der Waals surface area (Å²) in [5, 5.41) is 2.04. The van der Waals surface area contributed by atoms with Gasteiger partial charge in [0, 0.05) is 17.0 Å². The molecule has 4 rings (SSSR count). The summed E-state index contributed by atoms with van der Waals surface area (Å²) in [7, 11) is 0. The molecule has 3 heteroatoms. The van der Waals surface area contributed by atoms with Gasteiger partial charge in [-0.05, 0) is 62.0 Å². The zero-order valence-corrected chi connectivity index (χ0v) is 14.5. The van der Waals surface area contributed by atoms with Gasteiger partial charge in [0.15, 0.2) is 0 Å². The van der Waals surface area contributed by atoms with Gasteiger partial charge >= 0.3 is 0 Å². The maximum absolute atomic E-state index is 6.05. The van der Waals surface area contributed by atoms with Crippen LogP contribution in [0.3, 0.4) is 0 Å². The van der Waals surface area contributed by atoms with Gasteiger partial charge in [0.2, 0.25) is 0 Å². The van der Waals surface area contributed by atoms with Crippen LogP contribution in [-0.2, 0) is 0 Å². The molecule has 2 N–H and O–H groups in total. The van der Waals surface area contributed by atoms with Crippen LogP contribution < -0.4 is 10.5 Å². The molecule has 1 aromatic carbocycles. The molecule has 0 amide bonds. The monoisotopic (exact) mass is 324 g/mol. The first-order valence-electron chi connectivity index (χ1n) is 9.55. The number of nitrogen functional groups attached to an aromatic ring is 1. The number of nitrogens with two attached hydrogens (primary N) is 1. The first kappa shape index (κ1) is 15.7. The predicted molar refractivity (Wildman–Crippen MR) is 99.1 cm³/mol. The Kier molecular flexibility index (Phi) is 4.34. The number of ether oxygens (including phenoxy) is 1. The molecule has 0 spiro atoms. The molecular formula is C21H28N2O. The second-order valence-electron chi connectivity index (χ2n) is 7.72. The van der Waals surface area contributed by atoms with Crippen molar-refractivity contribution in [2.45, 2.75) is 57.8 Å². The lowest BCUT2D eigenvalue weighted by Gasteiger charge is -2.15. The fourth-order valence-corrected chi connectivity index (χ4v) is 4.71. The van der Waals surface area contributed by atoms with Gasteiger partial charge in [-0.2, -0.15) is 0 Å². The Morgan fingerprint density at radius 2 is 2.08 bits per heavy atom. The second-order valence-corrected chi connectivity index (χ2v) is 7.72. The highest BCUT2D eigenvalue weighted by atomic mass is 16.5. The number of benzene rings is 1. The van der Waals surface area contributed by atoms with Crippen LogP contribution in [0.2, 0.25) is 0 Å². The van der Waals surface area contributed by atoms with Crippen LogP contribution in [0.1, 0.15) is 57.8 Å². The van der Waals surface area contributed by atoms with E-state index in [1.165, 1.54) is 51.4 Å². The summed E-state index contributed by atoms with van der Waals surface area (Å²) in [6.45, 7) is 0.794. The Bertz CT molecular complexity index is 714. The molecule has 24 heavy (non-hydrogen) atoms. The molecule has 1 aromatic heterocycles. The number of anilines is 1. The van der Waals surface area contributed by atoms with Crippen molar-refractivity contribution in [2.75, 3.05) is 12.3 Å². The van der Waals surface area contributed by atoms with Crippen LogP contribution in [-0.4, -0.2) is 11.6 Å². The van der Waals surface area contributed by atoms with Crippen LogP contribution in [0.15, 0.2) is 30.5 Å². The van der Waals surface area contributed by atoms with E-state index >= 15 is 0 Å². The molecule has 2 saturated carbocycles. The molecule has 2 fully saturated rings. The fourth-order valence-electron chi connectivity index (χ4n) is 4.71. The first-order chi connectivity index (χ1) is 11.8. The minimum Gasteiger partial charge on any atom is -0.493 e. The van der Waals surface area contributed by atoms with Gasteiger partial charge in [0.05, 0.1) is 6.61 Å². The maximum atomic E-state index is 6.05. The Hall–Kier alpha value is -1.77. The molecule has 128 valence electrons. The van der Waals surface area contributed by atoms with E-state index in [1.807, 2.05) is 24.3 Å². The Morgan fingerprint density at radius 3 is 3.04 bits per heavy atom. The van der Waals surface area contributed by atoms with Crippen molar-refractivity contribution in [3.63, 3.8) is 0 Å². The first-order valence-corrected chi connectivity index (χ1v) is 9.55. The molecule has 1 heterocycles. The summed E-state index contributed by atoms with van der Waals surface area (Å²) < 4.78 is 6.05. The number of hydrogen-bond acceptors (Lipinski definition) is 3. The average Bonchev–Trinajstić information content (AvgIpc) is 3.30. The zero-order valence-electron chi connectivity index (χ0n) is 14.5. The van der Waals surface area contributed by atoms with E-state index in [4.69, 9.17) is 10.5 Å². The number of unbranched alkanes of at least 4 members (excludes halogenated alkanes) is 1. The van der Waals surface area contributed by atoms with Gasteiger partial charge in [-0.3, -0.25) is 0 Å². The average molecular weight is 324 g/mol. The van der Waals surface area contributed by atoms with Gasteiger partial charge in [0.1, 0.15) is 11.6 Å². The third-order valence-electron chi connectivity index (χ3n) is 6.21. The maximum Gasteiger partial charge on any atom is 0.131 e. The third-order valence-corrected chi connectivity index (χ3v) is 6.21. The zero-order chi connectivity index (χ0) is 16.4. The number of nitrogens with zero attached hydrogens (tertiary/aromatic N) is 1. The minimum absolute atomic E-state index is 0.574. The van der Waals surface area contributed by atoms with Gasteiger partial charge in [-0.15, -0.1) is 0 Å². The summed E-state index contributed by atoms with van der Waals surface area (Å²) in [4.78, 5) is 4.15. The van der Waals surface area contributed by atoms with E-state index in [2.05, 4.69) is 4.98 Å². The molecule has 0 aliphatic heterocycles. The van der Waals surface area contributed by atoms with Crippen molar-refractivity contribution in [1.29, 1.82) is 0 Å². The van der Waals surface area contributed by atoms with Crippen LogP contribution in [0, 0.1) is 11.3 Å². The number of pyridine rings is 1. The Morgan fingerprint density at radius 1 is 1.12 bits per heavy atom. The SMILES string of the molecule is Nc1nccc2c(OCCCCC34CCCCCC3C4)cccc12. The van der Waals surface area contributed by atoms with E-state index in [0.29, 0.717) is 5.82 Å². The van der Waals surface area contributed by atoms with Gasteiger partial charge in [-0.1, -0.05) is 31.4 Å². The predicted octanol–water partition coefficient (Wildman–Crippen LogP) is 5.34. The smallest absolute Gasteiger partial charge is 0.131 e. The lowest BCUT2D eigenvalue weighted by molar-refractivity contribution is 0.292. The number of aromatic nitrogens is 1. The second kappa shape index (κ2) is 6.62. The summed E-state index contributed by atoms with van der Waals surface area (Å²) in [6.07, 6.45) is 14.5. The van der Waals surface area contributed by atoms with Crippen LogP contribution in [0.25, 0.3) is 10.8 Å². The number of hydrogen-bond donors (Lipinski definition) is 1. The molecule has 0 bridgehead atoms. The number of fused-ring (bicyclic) bond motifs is 2. The highest BCUT2D eigenvalue weighted by Crippen LogP contribution is 2.62. The molecule has 0 saturated heterocycles. The van der Waals surface area contributed by atoms with Crippen molar-refractivity contribution >= 4 is 16.6 Å². The third kappa shape index (κ3) is 3.09. The molecule has 2 atom stereocenters. The van der Waals surface area contributed by atoms with Crippen molar-refractivity contribution in [2.24, 2.45) is 11.3 Å². The standard InChI is InChI=1S/C21H28N2O/c22-20-18-8-6-9-19(17(18)10-13-23-20)24-14-5-4-12-21-11-3-1-2-7-16(21)15-21/h6,8-10,13,16H,1-5,7,11-12,14-15H2,(H2,22,23). The molecule has 2 aliphatic carbocycles. The van der Waals surface area contributed by atoms with E-state index in [9.17, 15) is 0 Å². The number of rotatable bonds is 6. The van der Waals surface area contributed by atoms with Crippen LogP contribution >= 0.6 is 0 Å². The largest absolute Gasteiger partial charge is 0.493 e. The molecule has 2 unspecified atom stereocenters. The molecule has 0 radical (unpaired) electrons. The lowest BCUT2D eigenvalue weighted by Crippen LogP contribution is -2.05. The van der Waals surface area contributed by atoms with Crippen molar-refractivity contribution in [3.8, 4) is 5.75 Å². The lowest BCUT2D eigenvalue weighted by atomic mass is 9.91. The highest BCUT2D eigenvalue weighted by Gasteiger charge is 2.52. The van der Waals surface area contributed by atoms with Crippen molar-refractivity contribution in [3.05, 3.63) is 30.5 Å². The molecule has 2 aromatic rings. The van der Waals surface area contributed by atoms with Crippen LogP contribution in [0.4, 0.5) is 5.82 Å². The van der Waals surface area contributed by atoms with E-state index in [0.717, 1.165) is 40.9 Å². The minimum atomic E-state index is 0.574. The van der Waals surface area contributed by atoms with E-state index in [1.54, 1.807) is 6.20 Å². The Balaban J connectivity index is 1.28. The topological polar surface area (TPSA) is 48.1 Å². The molecular weight excluding hydrogens is 296 g/mol.